The van der Waals surface area contributed by atoms with Crippen molar-refractivity contribution in [2.75, 3.05) is 6.54 Å². The minimum atomic E-state index is 0.772. The van der Waals surface area contributed by atoms with Crippen LogP contribution in [-0.4, -0.2) is 12.6 Å². The van der Waals surface area contributed by atoms with Crippen LogP contribution in [0.1, 0.15) is 45.4 Å². The van der Waals surface area contributed by atoms with Gasteiger partial charge in [-0.3, -0.25) is 0 Å². The number of terminal acetylenes is 1. The summed E-state index contributed by atoms with van der Waals surface area (Å²) in [5, 5.41) is 3.58. The second-order valence-corrected chi connectivity index (χ2v) is 4.22. The summed E-state index contributed by atoms with van der Waals surface area (Å²) in [6, 6.07) is 0.772. The third-order valence-corrected chi connectivity index (χ3v) is 2.95. The van der Waals surface area contributed by atoms with Gasteiger partial charge in [-0.2, -0.15) is 0 Å². The topological polar surface area (TPSA) is 12.0 Å². The van der Waals surface area contributed by atoms with Crippen molar-refractivity contribution in [1.29, 1.82) is 0 Å². The Balaban J connectivity index is 2.00. The van der Waals surface area contributed by atoms with Gasteiger partial charge in [0.15, 0.2) is 0 Å². The summed E-state index contributed by atoms with van der Waals surface area (Å²) < 4.78 is 0. The van der Waals surface area contributed by atoms with Crippen LogP contribution in [-0.2, 0) is 0 Å². The zero-order valence-corrected chi connectivity index (χ0v) is 8.68. The van der Waals surface area contributed by atoms with Crippen molar-refractivity contribution >= 4 is 0 Å². The smallest absolute Gasteiger partial charge is 0.00981 e. The van der Waals surface area contributed by atoms with Gasteiger partial charge in [0.25, 0.3) is 0 Å². The lowest BCUT2D eigenvalue weighted by Crippen LogP contribution is -2.33. The first-order valence-corrected chi connectivity index (χ1v) is 5.49. The molecule has 0 spiro atoms. The standard InChI is InChI=1S/C12H21N/c1-3-4-5-10-13-12-8-6-11(2)7-9-12/h1,11-13H,4-10H2,2H3. The van der Waals surface area contributed by atoms with E-state index < -0.39 is 0 Å². The van der Waals surface area contributed by atoms with Crippen molar-refractivity contribution < 1.29 is 0 Å². The average molecular weight is 179 g/mol. The molecule has 0 aromatic carbocycles. The Labute approximate surface area is 82.3 Å². The van der Waals surface area contributed by atoms with Crippen molar-refractivity contribution in [1.82, 2.24) is 5.32 Å². The molecule has 0 amide bonds. The summed E-state index contributed by atoms with van der Waals surface area (Å²) in [7, 11) is 0. The zero-order valence-electron chi connectivity index (χ0n) is 8.68. The molecule has 1 rings (SSSR count). The largest absolute Gasteiger partial charge is 0.314 e. The van der Waals surface area contributed by atoms with E-state index in [1.54, 1.807) is 0 Å². The Bertz CT molecular complexity index is 160. The maximum absolute atomic E-state index is 5.19. The van der Waals surface area contributed by atoms with Crippen LogP contribution < -0.4 is 5.32 Å². The lowest BCUT2D eigenvalue weighted by atomic mass is 9.87. The van der Waals surface area contributed by atoms with Crippen LogP contribution in [0.15, 0.2) is 0 Å². The fraction of sp³-hybridized carbons (Fsp3) is 0.833. The Morgan fingerprint density at radius 2 is 2.00 bits per heavy atom. The van der Waals surface area contributed by atoms with Crippen LogP contribution in [0.25, 0.3) is 0 Å². The highest BCUT2D eigenvalue weighted by Crippen LogP contribution is 2.23. The number of hydrogen-bond acceptors (Lipinski definition) is 1. The van der Waals surface area contributed by atoms with E-state index in [-0.39, 0.29) is 0 Å². The van der Waals surface area contributed by atoms with Crippen LogP contribution in [0.3, 0.4) is 0 Å². The molecule has 0 saturated heterocycles. The van der Waals surface area contributed by atoms with E-state index in [0.29, 0.717) is 0 Å². The van der Waals surface area contributed by atoms with E-state index in [2.05, 4.69) is 18.2 Å². The molecule has 0 bridgehead atoms. The van der Waals surface area contributed by atoms with Gasteiger partial charge < -0.3 is 5.32 Å². The first kappa shape index (κ1) is 10.6. The molecule has 74 valence electrons. The maximum atomic E-state index is 5.19. The molecule has 0 radical (unpaired) electrons. The minimum absolute atomic E-state index is 0.772. The van der Waals surface area contributed by atoms with Gasteiger partial charge in [0.2, 0.25) is 0 Å². The van der Waals surface area contributed by atoms with Gasteiger partial charge >= 0.3 is 0 Å². The van der Waals surface area contributed by atoms with E-state index in [0.717, 1.165) is 31.3 Å². The highest BCUT2D eigenvalue weighted by molar-refractivity contribution is 4.83. The fourth-order valence-electron chi connectivity index (χ4n) is 1.96. The third-order valence-electron chi connectivity index (χ3n) is 2.95. The molecule has 1 aliphatic rings. The fourth-order valence-corrected chi connectivity index (χ4v) is 1.96. The summed E-state index contributed by atoms with van der Waals surface area (Å²) in [5.74, 6) is 3.62. The molecule has 0 atom stereocenters. The first-order valence-electron chi connectivity index (χ1n) is 5.49. The predicted molar refractivity (Wildman–Crippen MR) is 57.5 cm³/mol. The van der Waals surface area contributed by atoms with Gasteiger partial charge in [-0.25, -0.2) is 0 Å². The van der Waals surface area contributed by atoms with E-state index in [4.69, 9.17) is 6.42 Å². The number of hydrogen-bond donors (Lipinski definition) is 1. The molecule has 0 heterocycles. The molecule has 13 heavy (non-hydrogen) atoms. The van der Waals surface area contributed by atoms with Crippen molar-refractivity contribution in [3.63, 3.8) is 0 Å². The number of nitrogens with one attached hydrogen (secondary N) is 1. The molecule has 1 nitrogen and oxygen atoms in total. The molecule has 1 fully saturated rings. The summed E-state index contributed by atoms with van der Waals surface area (Å²) in [5.41, 5.74) is 0. The van der Waals surface area contributed by atoms with Gasteiger partial charge in [-0.1, -0.05) is 6.92 Å². The lowest BCUT2D eigenvalue weighted by molar-refractivity contribution is 0.307. The van der Waals surface area contributed by atoms with Crippen LogP contribution in [0, 0.1) is 18.3 Å². The van der Waals surface area contributed by atoms with Crippen LogP contribution in [0.5, 0.6) is 0 Å². The molecule has 0 aliphatic heterocycles. The van der Waals surface area contributed by atoms with E-state index in [1.165, 1.54) is 25.7 Å². The molecule has 0 aromatic heterocycles. The third kappa shape index (κ3) is 4.33. The molecule has 1 aliphatic carbocycles. The molecule has 1 heteroatoms. The Morgan fingerprint density at radius 1 is 1.31 bits per heavy atom. The summed E-state index contributed by atoms with van der Waals surface area (Å²) in [6.45, 7) is 3.46. The molecule has 0 aromatic rings. The second kappa shape index (κ2) is 6.05. The van der Waals surface area contributed by atoms with Crippen LogP contribution in [0.4, 0.5) is 0 Å². The van der Waals surface area contributed by atoms with Crippen LogP contribution in [0.2, 0.25) is 0 Å². The average Bonchev–Trinajstić information content (AvgIpc) is 2.15. The van der Waals surface area contributed by atoms with Gasteiger partial charge in [-0.05, 0) is 44.6 Å². The van der Waals surface area contributed by atoms with E-state index >= 15 is 0 Å². The van der Waals surface area contributed by atoms with E-state index in [9.17, 15) is 0 Å². The Morgan fingerprint density at radius 3 is 2.62 bits per heavy atom. The Kier molecular flexibility index (Phi) is 4.93. The van der Waals surface area contributed by atoms with Crippen molar-refractivity contribution in [2.45, 2.75) is 51.5 Å². The molecular weight excluding hydrogens is 158 g/mol. The summed E-state index contributed by atoms with van der Waals surface area (Å²) in [4.78, 5) is 0. The molecule has 1 saturated carbocycles. The number of rotatable bonds is 4. The summed E-state index contributed by atoms with van der Waals surface area (Å²) in [6.07, 6.45) is 12.7. The van der Waals surface area contributed by atoms with Gasteiger partial charge in [-0.15, -0.1) is 12.3 Å². The molecule has 1 N–H and O–H groups in total. The second-order valence-electron chi connectivity index (χ2n) is 4.22. The maximum Gasteiger partial charge on any atom is 0.00981 e. The molecule has 0 unspecified atom stereocenters. The zero-order chi connectivity index (χ0) is 9.52. The van der Waals surface area contributed by atoms with Gasteiger partial charge in [0.1, 0.15) is 0 Å². The first-order chi connectivity index (χ1) is 6.33. The highest BCUT2D eigenvalue weighted by Gasteiger charge is 2.16. The lowest BCUT2D eigenvalue weighted by Gasteiger charge is -2.26. The van der Waals surface area contributed by atoms with Gasteiger partial charge in [0, 0.05) is 12.5 Å². The Hall–Kier alpha value is -0.480. The van der Waals surface area contributed by atoms with Crippen molar-refractivity contribution in [3.05, 3.63) is 0 Å². The highest BCUT2D eigenvalue weighted by atomic mass is 14.9. The SMILES string of the molecule is C#CCCCNC1CCC(C)CC1. The van der Waals surface area contributed by atoms with Crippen molar-refractivity contribution in [2.24, 2.45) is 5.92 Å². The minimum Gasteiger partial charge on any atom is -0.314 e. The number of unbranched alkanes of at least 4 members (excludes halogenated alkanes) is 1. The normalized spacial score (nSPS) is 28.3. The van der Waals surface area contributed by atoms with E-state index in [1.807, 2.05) is 0 Å². The van der Waals surface area contributed by atoms with Crippen molar-refractivity contribution in [3.8, 4) is 12.3 Å². The molecular formula is C12H21N. The predicted octanol–water partition coefficient (Wildman–Crippen LogP) is 2.57. The van der Waals surface area contributed by atoms with Gasteiger partial charge in [0.05, 0.1) is 0 Å². The quantitative estimate of drug-likeness (QED) is 0.516. The van der Waals surface area contributed by atoms with Crippen LogP contribution >= 0.6 is 0 Å². The monoisotopic (exact) mass is 179 g/mol. The summed E-state index contributed by atoms with van der Waals surface area (Å²) >= 11 is 0.